The number of rotatable bonds is 4. The third-order valence-electron chi connectivity index (χ3n) is 3.45. The first-order chi connectivity index (χ1) is 9.72. The van der Waals surface area contributed by atoms with E-state index in [1.54, 1.807) is 6.07 Å². The van der Waals surface area contributed by atoms with Gasteiger partial charge in [-0.2, -0.15) is 0 Å². The summed E-state index contributed by atoms with van der Waals surface area (Å²) in [7, 11) is 0. The van der Waals surface area contributed by atoms with Gasteiger partial charge >= 0.3 is 5.97 Å². The predicted octanol–water partition coefficient (Wildman–Crippen LogP) is 2.83. The molecule has 1 aliphatic rings. The van der Waals surface area contributed by atoms with Crippen LogP contribution in [0.2, 0.25) is 0 Å². The molecule has 0 unspecified atom stereocenters. The van der Waals surface area contributed by atoms with E-state index in [2.05, 4.69) is 0 Å². The Morgan fingerprint density at radius 2 is 2.10 bits per heavy atom. The molecule has 0 atom stereocenters. The fourth-order valence-electron chi connectivity index (χ4n) is 2.34. The normalized spacial score (nSPS) is 16.6. The van der Waals surface area contributed by atoms with E-state index in [1.807, 2.05) is 12.1 Å². The Kier molecular flexibility index (Phi) is 3.71. The van der Waals surface area contributed by atoms with Gasteiger partial charge in [0.1, 0.15) is 5.58 Å². The van der Waals surface area contributed by atoms with E-state index in [9.17, 15) is 4.79 Å². The summed E-state index contributed by atoms with van der Waals surface area (Å²) in [5, 5.41) is 9.69. The number of carboxylic acids is 1. The Bertz CT molecular complexity index is 610. The highest BCUT2D eigenvalue weighted by molar-refractivity contribution is 5.91. The van der Waals surface area contributed by atoms with Crippen molar-refractivity contribution in [3.05, 3.63) is 35.6 Å². The van der Waals surface area contributed by atoms with Crippen molar-refractivity contribution in [2.24, 2.45) is 0 Å². The van der Waals surface area contributed by atoms with Gasteiger partial charge < -0.3 is 19.0 Å². The second-order valence-corrected chi connectivity index (χ2v) is 4.91. The molecule has 0 radical (unpaired) electrons. The molecule has 0 bridgehead atoms. The zero-order chi connectivity index (χ0) is 13.9. The van der Waals surface area contributed by atoms with Crippen LogP contribution < -0.4 is 0 Å². The molecule has 5 nitrogen and oxygen atoms in total. The fourth-order valence-corrected chi connectivity index (χ4v) is 2.34. The molecule has 106 valence electrons. The second-order valence-electron chi connectivity index (χ2n) is 4.91. The number of fused-ring (bicyclic) bond motifs is 1. The van der Waals surface area contributed by atoms with Gasteiger partial charge in [0.15, 0.2) is 0 Å². The van der Waals surface area contributed by atoms with Crippen LogP contribution in [0.15, 0.2) is 28.7 Å². The van der Waals surface area contributed by atoms with Crippen molar-refractivity contribution in [3.63, 3.8) is 0 Å². The number of aromatic carboxylic acids is 1. The van der Waals surface area contributed by atoms with Crippen LogP contribution in [0.5, 0.6) is 0 Å². The largest absolute Gasteiger partial charge is 0.475 e. The zero-order valence-electron chi connectivity index (χ0n) is 11.0. The second kappa shape index (κ2) is 5.64. The lowest BCUT2D eigenvalue weighted by Crippen LogP contribution is -2.23. The first kappa shape index (κ1) is 13.1. The number of furan rings is 1. The number of ether oxygens (including phenoxy) is 2. The van der Waals surface area contributed by atoms with Crippen molar-refractivity contribution < 1.29 is 23.8 Å². The summed E-state index contributed by atoms with van der Waals surface area (Å²) in [4.78, 5) is 10.9. The van der Waals surface area contributed by atoms with Crippen molar-refractivity contribution in [3.8, 4) is 0 Å². The molecule has 1 N–H and O–H groups in total. The zero-order valence-corrected chi connectivity index (χ0v) is 11.0. The third-order valence-corrected chi connectivity index (χ3v) is 3.45. The lowest BCUT2D eigenvalue weighted by molar-refractivity contribution is -0.0390. The maximum atomic E-state index is 10.9. The number of carbonyl (C=O) groups is 1. The van der Waals surface area contributed by atoms with Crippen LogP contribution in [0.25, 0.3) is 11.0 Å². The molecule has 0 amide bonds. The minimum atomic E-state index is -1.05. The van der Waals surface area contributed by atoms with Crippen LogP contribution >= 0.6 is 0 Å². The summed E-state index contributed by atoms with van der Waals surface area (Å²) in [6, 6.07) is 7.13. The van der Waals surface area contributed by atoms with Crippen molar-refractivity contribution in [1.82, 2.24) is 0 Å². The quantitative estimate of drug-likeness (QED) is 0.929. The maximum Gasteiger partial charge on any atom is 0.371 e. The van der Waals surface area contributed by atoms with E-state index in [0.717, 1.165) is 37.0 Å². The van der Waals surface area contributed by atoms with Crippen LogP contribution in [-0.2, 0) is 16.1 Å². The Hall–Kier alpha value is -1.85. The number of carboxylic acid groups (broad SMARTS) is 1. The molecule has 2 heterocycles. The molecule has 0 saturated carbocycles. The Balaban J connectivity index is 1.70. The molecule has 1 aromatic heterocycles. The summed E-state index contributed by atoms with van der Waals surface area (Å²) in [5.41, 5.74) is 1.60. The van der Waals surface area contributed by atoms with E-state index < -0.39 is 5.97 Å². The highest BCUT2D eigenvalue weighted by Gasteiger charge is 2.15. The van der Waals surface area contributed by atoms with E-state index in [0.29, 0.717) is 12.2 Å². The monoisotopic (exact) mass is 276 g/mol. The topological polar surface area (TPSA) is 68.9 Å². The van der Waals surface area contributed by atoms with Crippen molar-refractivity contribution in [1.29, 1.82) is 0 Å². The van der Waals surface area contributed by atoms with Crippen LogP contribution in [0.3, 0.4) is 0 Å². The molecule has 1 aliphatic heterocycles. The summed E-state index contributed by atoms with van der Waals surface area (Å²) in [6.07, 6.45) is 2.10. The minimum absolute atomic E-state index is 0.0394. The van der Waals surface area contributed by atoms with Crippen LogP contribution in [-0.4, -0.2) is 30.4 Å². The van der Waals surface area contributed by atoms with Crippen LogP contribution in [0.4, 0.5) is 0 Å². The average molecular weight is 276 g/mol. The van der Waals surface area contributed by atoms with Gasteiger partial charge in [0, 0.05) is 18.6 Å². The molecule has 0 aliphatic carbocycles. The van der Waals surface area contributed by atoms with Gasteiger partial charge in [-0.05, 0) is 36.6 Å². The SMILES string of the molecule is O=C(O)c1cc2cc(COC3CCOCC3)ccc2o1. The molecule has 5 heteroatoms. The minimum Gasteiger partial charge on any atom is -0.475 e. The molecule has 1 saturated heterocycles. The summed E-state index contributed by atoms with van der Waals surface area (Å²) in [5.74, 6) is -1.09. The Morgan fingerprint density at radius 3 is 2.85 bits per heavy atom. The van der Waals surface area contributed by atoms with Gasteiger partial charge in [-0.1, -0.05) is 6.07 Å². The molecule has 1 fully saturated rings. The molecule has 1 aromatic carbocycles. The summed E-state index contributed by atoms with van der Waals surface area (Å²) < 4.78 is 16.4. The van der Waals surface area contributed by atoms with Gasteiger partial charge in [0.05, 0.1) is 12.7 Å². The highest BCUT2D eigenvalue weighted by atomic mass is 16.5. The predicted molar refractivity (Wildman–Crippen MR) is 71.8 cm³/mol. The highest BCUT2D eigenvalue weighted by Crippen LogP contribution is 2.22. The van der Waals surface area contributed by atoms with Gasteiger partial charge in [-0.3, -0.25) is 0 Å². The molecule has 20 heavy (non-hydrogen) atoms. The molecule has 0 spiro atoms. The maximum absolute atomic E-state index is 10.9. The summed E-state index contributed by atoms with van der Waals surface area (Å²) >= 11 is 0. The molecular weight excluding hydrogens is 260 g/mol. The fraction of sp³-hybridized carbons (Fsp3) is 0.400. The number of benzene rings is 1. The first-order valence-corrected chi connectivity index (χ1v) is 6.67. The standard InChI is InChI=1S/C15H16O5/c16-15(17)14-8-11-7-10(1-2-13(11)20-14)9-19-12-3-5-18-6-4-12/h1-2,7-8,12H,3-6,9H2,(H,16,17). The first-order valence-electron chi connectivity index (χ1n) is 6.67. The van der Waals surface area contributed by atoms with E-state index in [4.69, 9.17) is 19.0 Å². The Labute approximate surface area is 116 Å². The van der Waals surface area contributed by atoms with Gasteiger partial charge in [0.2, 0.25) is 5.76 Å². The van der Waals surface area contributed by atoms with E-state index in [1.165, 1.54) is 6.07 Å². The molecular formula is C15H16O5. The average Bonchev–Trinajstić information content (AvgIpc) is 2.89. The van der Waals surface area contributed by atoms with Crippen LogP contribution in [0, 0.1) is 0 Å². The summed E-state index contributed by atoms with van der Waals surface area (Å²) in [6.45, 7) is 2.04. The number of hydrogen-bond donors (Lipinski definition) is 1. The lowest BCUT2D eigenvalue weighted by atomic mass is 10.1. The molecule has 2 aromatic rings. The Morgan fingerprint density at radius 1 is 1.30 bits per heavy atom. The van der Waals surface area contributed by atoms with Gasteiger partial charge in [0.25, 0.3) is 0 Å². The number of hydrogen-bond acceptors (Lipinski definition) is 4. The van der Waals surface area contributed by atoms with Crippen molar-refractivity contribution >= 4 is 16.9 Å². The van der Waals surface area contributed by atoms with E-state index >= 15 is 0 Å². The van der Waals surface area contributed by atoms with E-state index in [-0.39, 0.29) is 11.9 Å². The smallest absolute Gasteiger partial charge is 0.371 e. The van der Waals surface area contributed by atoms with Gasteiger partial charge in [-0.25, -0.2) is 4.79 Å². The van der Waals surface area contributed by atoms with Crippen LogP contribution in [0.1, 0.15) is 29.0 Å². The third kappa shape index (κ3) is 2.84. The molecule has 3 rings (SSSR count). The van der Waals surface area contributed by atoms with Crippen molar-refractivity contribution in [2.45, 2.75) is 25.6 Å². The van der Waals surface area contributed by atoms with Gasteiger partial charge in [-0.15, -0.1) is 0 Å². The van der Waals surface area contributed by atoms with Crippen molar-refractivity contribution in [2.75, 3.05) is 13.2 Å². The lowest BCUT2D eigenvalue weighted by Gasteiger charge is -2.22.